The molecule has 182 valence electrons. The topological polar surface area (TPSA) is 123 Å². The van der Waals surface area contributed by atoms with Crippen molar-refractivity contribution in [2.24, 2.45) is 0 Å². The minimum absolute atomic E-state index is 0.0545. The van der Waals surface area contributed by atoms with Crippen LogP contribution in [0.1, 0.15) is 56.8 Å². The van der Waals surface area contributed by atoms with E-state index in [9.17, 15) is 18.0 Å². The molecule has 0 bridgehead atoms. The molecule has 0 radical (unpaired) electrons. The molecule has 2 aliphatic rings. The first-order valence-electron chi connectivity index (χ1n) is 11.2. The van der Waals surface area contributed by atoms with Crippen molar-refractivity contribution in [3.63, 3.8) is 0 Å². The van der Waals surface area contributed by atoms with Gasteiger partial charge in [0.1, 0.15) is 0 Å². The van der Waals surface area contributed by atoms with Crippen LogP contribution in [0.3, 0.4) is 0 Å². The number of nitrogens with one attached hydrogen (secondary N) is 3. The van der Waals surface area contributed by atoms with Crippen molar-refractivity contribution < 1.29 is 27.5 Å². The highest BCUT2D eigenvalue weighted by Gasteiger charge is 2.44. The van der Waals surface area contributed by atoms with Gasteiger partial charge in [0.15, 0.2) is 11.5 Å². The van der Waals surface area contributed by atoms with Gasteiger partial charge in [0.05, 0.1) is 11.4 Å². The number of ether oxygens (including phenoxy) is 2. The summed E-state index contributed by atoms with van der Waals surface area (Å²) in [7, 11) is -3.70. The van der Waals surface area contributed by atoms with Crippen LogP contribution in [0, 0.1) is 0 Å². The Labute approximate surface area is 199 Å². The van der Waals surface area contributed by atoms with Gasteiger partial charge in [-0.05, 0) is 70.0 Å². The Morgan fingerprint density at radius 3 is 2.26 bits per heavy atom. The summed E-state index contributed by atoms with van der Waals surface area (Å²) < 4.78 is 39.3. The summed E-state index contributed by atoms with van der Waals surface area (Å²) in [5.41, 5.74) is 0.156. The molecule has 34 heavy (non-hydrogen) atoms. The van der Waals surface area contributed by atoms with E-state index >= 15 is 0 Å². The Morgan fingerprint density at radius 2 is 1.62 bits per heavy atom. The zero-order valence-corrected chi connectivity index (χ0v) is 20.3. The van der Waals surface area contributed by atoms with Crippen molar-refractivity contribution in [3.8, 4) is 11.5 Å². The first-order valence-corrected chi connectivity index (χ1v) is 12.7. The van der Waals surface area contributed by atoms with Crippen LogP contribution in [0.15, 0.2) is 47.4 Å². The summed E-state index contributed by atoms with van der Waals surface area (Å²) in [6, 6.07) is 10.7. The lowest BCUT2D eigenvalue weighted by Gasteiger charge is -2.21. The summed E-state index contributed by atoms with van der Waals surface area (Å²) in [5, 5.41) is 5.27. The minimum Gasteiger partial charge on any atom is -0.448 e. The van der Waals surface area contributed by atoms with Crippen LogP contribution in [0.5, 0.6) is 11.5 Å². The van der Waals surface area contributed by atoms with Gasteiger partial charge in [-0.3, -0.25) is 9.59 Å². The van der Waals surface area contributed by atoms with Crippen molar-refractivity contribution in [3.05, 3.63) is 48.0 Å². The summed E-state index contributed by atoms with van der Waals surface area (Å²) >= 11 is 0. The predicted molar refractivity (Wildman–Crippen MR) is 126 cm³/mol. The highest BCUT2D eigenvalue weighted by atomic mass is 32.2. The van der Waals surface area contributed by atoms with Crippen molar-refractivity contribution in [2.45, 2.75) is 62.7 Å². The maximum absolute atomic E-state index is 12.4. The maximum atomic E-state index is 12.4. The third-order valence-corrected chi connectivity index (χ3v) is 7.24. The van der Waals surface area contributed by atoms with E-state index in [0.29, 0.717) is 17.2 Å². The molecule has 4 rings (SSSR count). The molecule has 1 aliphatic carbocycles. The summed E-state index contributed by atoms with van der Waals surface area (Å²) in [4.78, 5) is 24.8. The lowest BCUT2D eigenvalue weighted by Crippen LogP contribution is -2.40. The largest absolute Gasteiger partial charge is 0.448 e. The Morgan fingerprint density at radius 1 is 0.971 bits per heavy atom. The second kappa shape index (κ2) is 8.92. The van der Waals surface area contributed by atoms with Crippen LogP contribution in [0.2, 0.25) is 0 Å². The second-order valence-corrected chi connectivity index (χ2v) is 11.3. The minimum atomic E-state index is -3.70. The normalized spacial score (nSPS) is 16.4. The van der Waals surface area contributed by atoms with E-state index in [0.717, 1.165) is 25.7 Å². The number of hydrogen-bond acceptors (Lipinski definition) is 6. The highest BCUT2D eigenvalue weighted by Crippen LogP contribution is 2.47. The van der Waals surface area contributed by atoms with E-state index < -0.39 is 33.2 Å². The zero-order chi connectivity index (χ0) is 24.6. The molecule has 9 nitrogen and oxygen atoms in total. The van der Waals surface area contributed by atoms with Crippen molar-refractivity contribution >= 4 is 27.5 Å². The van der Waals surface area contributed by atoms with Gasteiger partial charge in [-0.15, -0.1) is 0 Å². The maximum Gasteiger partial charge on any atom is 0.251 e. The fraction of sp³-hybridized carbons (Fsp3) is 0.417. The highest BCUT2D eigenvalue weighted by molar-refractivity contribution is 7.89. The standard InChI is InChI=1S/C24H29N3O6S/c1-23(2,3)27-34(30,31)18-9-6-16(7-10-18)22(29)25-15-21(28)26-17-8-11-19-20(14-17)33-24(32-19)12-4-5-13-24/h6-11,14,27H,4-5,12-13,15H2,1-3H3,(H,25,29)(H,26,28). The van der Waals surface area contributed by atoms with E-state index in [1.807, 2.05) is 0 Å². The number of carbonyl (C=O) groups excluding carboxylic acids is 2. The number of carbonyl (C=O) groups is 2. The molecule has 10 heteroatoms. The number of hydrogen-bond donors (Lipinski definition) is 3. The lowest BCUT2D eigenvalue weighted by molar-refractivity contribution is -0.115. The third-order valence-electron chi connectivity index (χ3n) is 5.46. The van der Waals surface area contributed by atoms with Crippen LogP contribution >= 0.6 is 0 Å². The molecule has 1 spiro atoms. The molecule has 1 saturated carbocycles. The molecule has 2 aromatic rings. The molecule has 0 aromatic heterocycles. The van der Waals surface area contributed by atoms with Crippen molar-refractivity contribution in [2.75, 3.05) is 11.9 Å². The fourth-order valence-electron chi connectivity index (χ4n) is 4.00. The van der Waals surface area contributed by atoms with Gasteiger partial charge in [0.2, 0.25) is 15.9 Å². The smallest absolute Gasteiger partial charge is 0.251 e. The first-order chi connectivity index (χ1) is 15.9. The van der Waals surface area contributed by atoms with Gasteiger partial charge in [-0.1, -0.05) is 0 Å². The molecular weight excluding hydrogens is 458 g/mol. The molecule has 1 aliphatic heterocycles. The van der Waals surface area contributed by atoms with Gasteiger partial charge in [-0.2, -0.15) is 0 Å². The monoisotopic (exact) mass is 487 g/mol. The Balaban J connectivity index is 1.30. The summed E-state index contributed by atoms with van der Waals surface area (Å²) in [6.45, 7) is 4.98. The van der Waals surface area contributed by atoms with Crippen molar-refractivity contribution in [1.29, 1.82) is 0 Å². The molecule has 2 amide bonds. The first kappa shape index (κ1) is 24.0. The van der Waals surface area contributed by atoms with E-state index in [2.05, 4.69) is 15.4 Å². The molecule has 3 N–H and O–H groups in total. The Bertz CT molecular complexity index is 1200. The second-order valence-electron chi connectivity index (χ2n) is 9.59. The zero-order valence-electron chi connectivity index (χ0n) is 19.4. The average Bonchev–Trinajstić information content (AvgIpc) is 3.35. The molecule has 1 fully saturated rings. The number of anilines is 1. The van der Waals surface area contributed by atoms with E-state index in [-0.39, 0.29) is 17.0 Å². The van der Waals surface area contributed by atoms with Crippen LogP contribution < -0.4 is 24.8 Å². The van der Waals surface area contributed by atoms with Crippen LogP contribution in [0.4, 0.5) is 5.69 Å². The van der Waals surface area contributed by atoms with Crippen molar-refractivity contribution in [1.82, 2.24) is 10.0 Å². The van der Waals surface area contributed by atoms with E-state index in [1.165, 1.54) is 24.3 Å². The van der Waals surface area contributed by atoms with Crippen LogP contribution in [0.25, 0.3) is 0 Å². The number of rotatable bonds is 6. The van der Waals surface area contributed by atoms with Gasteiger partial charge in [-0.25, -0.2) is 13.1 Å². The summed E-state index contributed by atoms with van der Waals surface area (Å²) in [5.74, 6) is -0.208. The fourth-order valence-corrected chi connectivity index (χ4v) is 5.42. The number of amides is 2. The quantitative estimate of drug-likeness (QED) is 0.575. The Kier molecular flexibility index (Phi) is 6.30. The van der Waals surface area contributed by atoms with Crippen LogP contribution in [-0.4, -0.2) is 38.1 Å². The van der Waals surface area contributed by atoms with E-state index in [4.69, 9.17) is 9.47 Å². The Hall–Kier alpha value is -3.11. The van der Waals surface area contributed by atoms with Gasteiger partial charge in [0.25, 0.3) is 11.7 Å². The molecule has 0 saturated heterocycles. The predicted octanol–water partition coefficient (Wildman–Crippen LogP) is 3.17. The SMILES string of the molecule is CC(C)(C)NS(=O)(=O)c1ccc(C(=O)NCC(=O)Nc2ccc3c(c2)OC2(CCCC2)O3)cc1. The van der Waals surface area contributed by atoms with Gasteiger partial charge < -0.3 is 20.1 Å². The molecular formula is C24H29N3O6S. The van der Waals surface area contributed by atoms with Crippen LogP contribution in [-0.2, 0) is 14.8 Å². The van der Waals surface area contributed by atoms with Gasteiger partial charge >= 0.3 is 0 Å². The molecule has 0 unspecified atom stereocenters. The van der Waals surface area contributed by atoms with Gasteiger partial charge in [0, 0.05) is 35.7 Å². The number of fused-ring (bicyclic) bond motifs is 1. The number of sulfonamides is 1. The molecule has 0 atom stereocenters. The number of benzene rings is 2. The lowest BCUT2D eigenvalue weighted by atomic mass is 10.1. The van der Waals surface area contributed by atoms with E-state index in [1.54, 1.807) is 39.0 Å². The molecule has 1 heterocycles. The average molecular weight is 488 g/mol. The molecule has 2 aromatic carbocycles. The third kappa shape index (κ3) is 5.51. The summed E-state index contributed by atoms with van der Waals surface area (Å²) in [6.07, 6.45) is 3.80.